The molecule has 68 valence electrons. The molecule has 1 unspecified atom stereocenters. The lowest BCUT2D eigenvalue weighted by Crippen LogP contribution is -2.31. The van der Waals surface area contributed by atoms with Crippen LogP contribution in [0.3, 0.4) is 0 Å². The van der Waals surface area contributed by atoms with Crippen LogP contribution in [-0.2, 0) is 7.05 Å². The van der Waals surface area contributed by atoms with Crippen LogP contribution in [-0.4, -0.2) is 22.6 Å². The number of rotatable bonds is 2. The maximum atomic E-state index is 4.05. The van der Waals surface area contributed by atoms with Gasteiger partial charge in [-0.1, -0.05) is 0 Å². The minimum atomic E-state index is -1.10. The van der Waals surface area contributed by atoms with Crippen LogP contribution in [0.4, 0.5) is 0 Å². The van der Waals surface area contributed by atoms with E-state index in [1.54, 1.807) is 0 Å². The van der Waals surface area contributed by atoms with Crippen molar-refractivity contribution in [1.82, 2.24) is 13.4 Å². The molecular formula is C8H13N4Si+. The second kappa shape index (κ2) is 3.18. The van der Waals surface area contributed by atoms with Crippen LogP contribution in [0, 0.1) is 0 Å². The maximum Gasteiger partial charge on any atom is 0.361 e. The van der Waals surface area contributed by atoms with Crippen LogP contribution in [0.5, 0.6) is 0 Å². The van der Waals surface area contributed by atoms with Crippen molar-refractivity contribution in [3.05, 3.63) is 37.4 Å². The van der Waals surface area contributed by atoms with Crippen molar-refractivity contribution in [2.75, 3.05) is 0 Å². The van der Waals surface area contributed by atoms with Crippen molar-refractivity contribution in [1.29, 1.82) is 0 Å². The monoisotopic (exact) mass is 193 g/mol. The molecule has 0 saturated heterocycles. The third-order valence-electron chi connectivity index (χ3n) is 2.18. The number of hydrogen-bond donors (Lipinski definition) is 0. The minimum Gasteiger partial charge on any atom is -0.330 e. The van der Waals surface area contributed by atoms with Crippen LogP contribution >= 0.6 is 0 Å². The van der Waals surface area contributed by atoms with Gasteiger partial charge in [0, 0.05) is 12.4 Å². The van der Waals surface area contributed by atoms with Crippen molar-refractivity contribution < 1.29 is 4.57 Å². The van der Waals surface area contributed by atoms with Crippen LogP contribution in [0.15, 0.2) is 37.4 Å². The molecule has 0 N–H and O–H groups in total. The second-order valence-electron chi connectivity index (χ2n) is 3.17. The summed E-state index contributed by atoms with van der Waals surface area (Å²) in [5.41, 5.74) is 0. The smallest absolute Gasteiger partial charge is 0.330 e. The maximum absolute atomic E-state index is 4.05. The van der Waals surface area contributed by atoms with Crippen LogP contribution in [0.25, 0.3) is 0 Å². The van der Waals surface area contributed by atoms with E-state index in [-0.39, 0.29) is 0 Å². The van der Waals surface area contributed by atoms with E-state index in [9.17, 15) is 0 Å². The highest BCUT2D eigenvalue weighted by Gasteiger charge is 2.14. The van der Waals surface area contributed by atoms with E-state index >= 15 is 0 Å². The van der Waals surface area contributed by atoms with E-state index in [0.717, 1.165) is 0 Å². The lowest BCUT2D eigenvalue weighted by atomic mass is 10.9. The summed E-state index contributed by atoms with van der Waals surface area (Å²) in [5, 5.41) is 0. The highest BCUT2D eigenvalue weighted by molar-refractivity contribution is 6.53. The molecule has 2 aromatic heterocycles. The molecule has 0 spiro atoms. The zero-order valence-corrected chi connectivity index (χ0v) is 8.99. The van der Waals surface area contributed by atoms with Crippen molar-refractivity contribution in [2.24, 2.45) is 7.05 Å². The minimum absolute atomic E-state index is 1.10. The number of hydrogen-bond acceptors (Lipinski definition) is 1. The Hall–Kier alpha value is -1.36. The van der Waals surface area contributed by atoms with Gasteiger partial charge in [0.05, 0.1) is 13.4 Å². The van der Waals surface area contributed by atoms with Crippen molar-refractivity contribution in [2.45, 2.75) is 6.55 Å². The topological polar surface area (TPSA) is 26.6 Å². The van der Waals surface area contributed by atoms with Gasteiger partial charge in [-0.15, -0.1) is 0 Å². The summed E-state index contributed by atoms with van der Waals surface area (Å²) in [6.45, 7) is 2.27. The first-order chi connectivity index (χ1) is 6.27. The summed E-state index contributed by atoms with van der Waals surface area (Å²) in [6.07, 6.45) is 12.0. The number of aryl methyl sites for hydroxylation is 1. The molecule has 4 nitrogen and oxygen atoms in total. The van der Waals surface area contributed by atoms with Crippen molar-refractivity contribution in [3.8, 4) is 0 Å². The van der Waals surface area contributed by atoms with Gasteiger partial charge in [0.1, 0.15) is 12.4 Å². The van der Waals surface area contributed by atoms with Crippen LogP contribution in [0.2, 0.25) is 6.55 Å². The first kappa shape index (κ1) is 8.24. The van der Waals surface area contributed by atoms with Crippen LogP contribution < -0.4 is 4.57 Å². The molecule has 0 aliphatic carbocycles. The third-order valence-corrected chi connectivity index (χ3v) is 4.51. The molecule has 2 heterocycles. The average molecular weight is 193 g/mol. The van der Waals surface area contributed by atoms with E-state index in [1.807, 2.05) is 25.8 Å². The molecule has 0 fully saturated rings. The lowest BCUT2D eigenvalue weighted by Gasteiger charge is -2.05. The quantitative estimate of drug-likeness (QED) is 0.477. The van der Waals surface area contributed by atoms with Gasteiger partial charge in [-0.25, -0.2) is 9.55 Å². The van der Waals surface area contributed by atoms with Gasteiger partial charge in [0.25, 0.3) is 0 Å². The average Bonchev–Trinajstić information content (AvgIpc) is 2.72. The molecule has 2 rings (SSSR count). The van der Waals surface area contributed by atoms with Crippen LogP contribution in [0.1, 0.15) is 0 Å². The molecule has 0 radical (unpaired) electrons. The van der Waals surface area contributed by atoms with Gasteiger partial charge in [-0.05, 0) is 6.55 Å². The van der Waals surface area contributed by atoms with Gasteiger partial charge >= 0.3 is 9.12 Å². The Morgan fingerprint density at radius 2 is 2.15 bits per heavy atom. The van der Waals surface area contributed by atoms with Gasteiger partial charge in [-0.2, -0.15) is 0 Å². The predicted molar refractivity (Wildman–Crippen MR) is 51.6 cm³/mol. The van der Waals surface area contributed by atoms with E-state index in [4.69, 9.17) is 0 Å². The first-order valence-electron chi connectivity index (χ1n) is 4.27. The molecule has 5 heteroatoms. The standard InChI is InChI=1S/C8H13N4Si/c1-10-5-6-12(8-10)13(2)11-4-3-9-7-11/h3-8,13H,1-2H3/q+1. The molecule has 0 aliphatic heterocycles. The Bertz CT molecular complexity index is 379. The summed E-state index contributed by atoms with van der Waals surface area (Å²) in [5.74, 6) is 0. The molecular weight excluding hydrogens is 180 g/mol. The Labute approximate surface area is 78.8 Å². The van der Waals surface area contributed by atoms with Gasteiger partial charge in [0.15, 0.2) is 0 Å². The third kappa shape index (κ3) is 1.55. The van der Waals surface area contributed by atoms with Crippen molar-refractivity contribution in [3.63, 3.8) is 0 Å². The first-order valence-corrected chi connectivity index (χ1v) is 6.46. The fourth-order valence-corrected chi connectivity index (χ4v) is 2.97. The van der Waals surface area contributed by atoms with Gasteiger partial charge in [0.2, 0.25) is 6.33 Å². The van der Waals surface area contributed by atoms with Gasteiger partial charge < -0.3 is 4.23 Å². The predicted octanol–water partition coefficient (Wildman–Crippen LogP) is -0.244. The van der Waals surface area contributed by atoms with Crippen molar-refractivity contribution >= 4 is 9.12 Å². The van der Waals surface area contributed by atoms with E-state index < -0.39 is 9.12 Å². The fourth-order valence-electron chi connectivity index (χ4n) is 1.33. The zero-order valence-electron chi connectivity index (χ0n) is 7.83. The highest BCUT2D eigenvalue weighted by Crippen LogP contribution is 1.93. The Balaban J connectivity index is 2.28. The Kier molecular flexibility index (Phi) is 2.01. The van der Waals surface area contributed by atoms with E-state index in [1.165, 1.54) is 0 Å². The number of nitrogens with zero attached hydrogens (tertiary/aromatic N) is 4. The summed E-state index contributed by atoms with van der Waals surface area (Å²) >= 11 is 0. The highest BCUT2D eigenvalue weighted by atomic mass is 28.3. The zero-order chi connectivity index (χ0) is 9.26. The lowest BCUT2D eigenvalue weighted by molar-refractivity contribution is -0.670. The number of imidazole rings is 2. The largest absolute Gasteiger partial charge is 0.361 e. The molecule has 2 aromatic rings. The summed E-state index contributed by atoms with van der Waals surface area (Å²) in [6, 6.07) is 0. The summed E-state index contributed by atoms with van der Waals surface area (Å²) in [7, 11) is 0.934. The molecule has 0 aromatic carbocycles. The second-order valence-corrected chi connectivity index (χ2v) is 5.62. The molecule has 0 aliphatic rings. The number of aromatic nitrogens is 4. The van der Waals surface area contributed by atoms with Gasteiger partial charge in [-0.3, -0.25) is 4.23 Å². The summed E-state index contributed by atoms with van der Waals surface area (Å²) in [4.78, 5) is 4.05. The summed E-state index contributed by atoms with van der Waals surface area (Å²) < 4.78 is 6.52. The fraction of sp³-hybridized carbons (Fsp3) is 0.250. The SMILES string of the molecule is C[n+]1ccn([SiH](C)n2ccnc2)c1. The molecule has 0 bridgehead atoms. The molecule has 0 amide bonds. The molecule has 13 heavy (non-hydrogen) atoms. The Morgan fingerprint density at radius 3 is 2.69 bits per heavy atom. The molecule has 1 atom stereocenters. The van der Waals surface area contributed by atoms with E-state index in [2.05, 4.69) is 43.3 Å². The van der Waals surface area contributed by atoms with E-state index in [0.29, 0.717) is 0 Å². The Morgan fingerprint density at radius 1 is 1.31 bits per heavy atom. The molecule has 0 saturated carbocycles. The normalized spacial score (nSPS) is 13.1.